The molecule has 0 spiro atoms. The molecule has 1 aliphatic rings. The van der Waals surface area contributed by atoms with Gasteiger partial charge in [-0.05, 0) is 37.1 Å². The van der Waals surface area contributed by atoms with E-state index in [2.05, 4.69) is 5.32 Å². The number of nitrogens with one attached hydrogen (secondary N) is 1. The molecule has 0 bridgehead atoms. The van der Waals surface area contributed by atoms with Gasteiger partial charge in [-0.25, -0.2) is 0 Å². The summed E-state index contributed by atoms with van der Waals surface area (Å²) in [7, 11) is 0. The Bertz CT molecular complexity index is 249. The van der Waals surface area contributed by atoms with Crippen LogP contribution in [-0.4, -0.2) is 11.7 Å². The number of phenols is 1. The number of aromatic hydroxyl groups is 1. The maximum atomic E-state index is 9.08. The Balaban J connectivity index is 2.17. The Kier molecular flexibility index (Phi) is 2.00. The number of hydrogen-bond acceptors (Lipinski definition) is 2. The van der Waals surface area contributed by atoms with E-state index in [1.54, 1.807) is 12.1 Å². The standard InChI is InChI=1S/C10H13NO/c12-9-5-3-8(4-6-9)10-2-1-7-11-10/h3-6,10-12H,1-2,7H2/t10-/m1/s1. The van der Waals surface area contributed by atoms with E-state index in [1.165, 1.54) is 18.4 Å². The second-order valence-electron chi connectivity index (χ2n) is 3.24. The lowest BCUT2D eigenvalue weighted by Crippen LogP contribution is -2.12. The zero-order valence-corrected chi connectivity index (χ0v) is 6.96. The van der Waals surface area contributed by atoms with Gasteiger partial charge in [-0.3, -0.25) is 0 Å². The fourth-order valence-corrected chi connectivity index (χ4v) is 1.68. The minimum Gasteiger partial charge on any atom is -0.508 e. The molecule has 1 aliphatic heterocycles. The molecule has 0 aliphatic carbocycles. The predicted molar refractivity (Wildman–Crippen MR) is 48.1 cm³/mol. The van der Waals surface area contributed by atoms with Crippen molar-refractivity contribution in [1.29, 1.82) is 0 Å². The van der Waals surface area contributed by atoms with E-state index in [0.717, 1.165) is 6.54 Å². The number of benzene rings is 1. The molecule has 1 saturated heterocycles. The van der Waals surface area contributed by atoms with Crippen LogP contribution in [0.1, 0.15) is 24.4 Å². The normalized spacial score (nSPS) is 22.8. The summed E-state index contributed by atoms with van der Waals surface area (Å²) in [6.45, 7) is 1.12. The maximum absolute atomic E-state index is 9.08. The van der Waals surface area contributed by atoms with Gasteiger partial charge in [0, 0.05) is 6.04 Å². The van der Waals surface area contributed by atoms with Crippen LogP contribution in [-0.2, 0) is 0 Å². The Labute approximate surface area is 72.2 Å². The van der Waals surface area contributed by atoms with E-state index in [4.69, 9.17) is 5.11 Å². The fourth-order valence-electron chi connectivity index (χ4n) is 1.68. The molecule has 0 unspecified atom stereocenters. The van der Waals surface area contributed by atoms with Crippen molar-refractivity contribution >= 4 is 0 Å². The maximum Gasteiger partial charge on any atom is 0.115 e. The highest BCUT2D eigenvalue weighted by molar-refractivity contribution is 5.28. The monoisotopic (exact) mass is 163 g/mol. The van der Waals surface area contributed by atoms with Gasteiger partial charge in [0.05, 0.1) is 0 Å². The first kappa shape index (κ1) is 7.62. The Morgan fingerprint density at radius 3 is 2.58 bits per heavy atom. The lowest BCUT2D eigenvalue weighted by atomic mass is 10.1. The van der Waals surface area contributed by atoms with Gasteiger partial charge in [0.1, 0.15) is 5.75 Å². The molecule has 12 heavy (non-hydrogen) atoms. The molecule has 0 aromatic heterocycles. The Morgan fingerprint density at radius 2 is 2.00 bits per heavy atom. The molecule has 1 aromatic rings. The van der Waals surface area contributed by atoms with E-state index in [-0.39, 0.29) is 0 Å². The van der Waals surface area contributed by atoms with Gasteiger partial charge in [-0.15, -0.1) is 0 Å². The number of hydrogen-bond donors (Lipinski definition) is 2. The Morgan fingerprint density at radius 1 is 1.25 bits per heavy atom. The van der Waals surface area contributed by atoms with Gasteiger partial charge in [-0.1, -0.05) is 12.1 Å². The first-order chi connectivity index (χ1) is 5.86. The van der Waals surface area contributed by atoms with Gasteiger partial charge in [0.25, 0.3) is 0 Å². The fraction of sp³-hybridized carbons (Fsp3) is 0.400. The summed E-state index contributed by atoms with van der Waals surface area (Å²) in [4.78, 5) is 0. The minimum atomic E-state index is 0.344. The van der Waals surface area contributed by atoms with Crippen molar-refractivity contribution in [2.24, 2.45) is 0 Å². The van der Waals surface area contributed by atoms with E-state index < -0.39 is 0 Å². The highest BCUT2D eigenvalue weighted by Gasteiger charge is 2.15. The second kappa shape index (κ2) is 3.15. The molecule has 0 saturated carbocycles. The summed E-state index contributed by atoms with van der Waals surface area (Å²) >= 11 is 0. The zero-order valence-electron chi connectivity index (χ0n) is 6.96. The smallest absolute Gasteiger partial charge is 0.115 e. The van der Waals surface area contributed by atoms with Crippen LogP contribution in [0, 0.1) is 0 Å². The van der Waals surface area contributed by atoms with Crippen LogP contribution in [0.15, 0.2) is 24.3 Å². The lowest BCUT2D eigenvalue weighted by Gasteiger charge is -2.09. The molecule has 2 rings (SSSR count). The van der Waals surface area contributed by atoms with Crippen molar-refractivity contribution in [2.75, 3.05) is 6.54 Å². The van der Waals surface area contributed by atoms with Gasteiger partial charge < -0.3 is 10.4 Å². The molecule has 1 heterocycles. The number of phenolic OH excluding ortho intramolecular Hbond substituents is 1. The van der Waals surface area contributed by atoms with Crippen LogP contribution in [0.5, 0.6) is 5.75 Å². The van der Waals surface area contributed by atoms with Gasteiger partial charge in [0.15, 0.2) is 0 Å². The molecule has 0 radical (unpaired) electrons. The van der Waals surface area contributed by atoms with E-state index in [9.17, 15) is 0 Å². The third-order valence-electron chi connectivity index (χ3n) is 2.36. The van der Waals surface area contributed by atoms with E-state index in [1.807, 2.05) is 12.1 Å². The van der Waals surface area contributed by atoms with Crippen molar-refractivity contribution in [3.63, 3.8) is 0 Å². The van der Waals surface area contributed by atoms with E-state index in [0.29, 0.717) is 11.8 Å². The van der Waals surface area contributed by atoms with Crippen molar-refractivity contribution in [1.82, 2.24) is 5.32 Å². The first-order valence-electron chi connectivity index (χ1n) is 4.38. The topological polar surface area (TPSA) is 32.3 Å². The van der Waals surface area contributed by atoms with Crippen molar-refractivity contribution < 1.29 is 5.11 Å². The van der Waals surface area contributed by atoms with Crippen molar-refractivity contribution in [3.05, 3.63) is 29.8 Å². The van der Waals surface area contributed by atoms with Crippen LogP contribution in [0.25, 0.3) is 0 Å². The average molecular weight is 163 g/mol. The van der Waals surface area contributed by atoms with Crippen LogP contribution < -0.4 is 5.32 Å². The molecule has 1 fully saturated rings. The molecule has 0 amide bonds. The minimum absolute atomic E-state index is 0.344. The summed E-state index contributed by atoms with van der Waals surface area (Å²) < 4.78 is 0. The van der Waals surface area contributed by atoms with Crippen molar-refractivity contribution in [3.8, 4) is 5.75 Å². The average Bonchev–Trinajstić information content (AvgIpc) is 2.58. The second-order valence-corrected chi connectivity index (χ2v) is 3.24. The van der Waals surface area contributed by atoms with Crippen LogP contribution >= 0.6 is 0 Å². The summed E-state index contributed by atoms with van der Waals surface area (Å²) in [5, 5.41) is 12.5. The molecule has 1 aromatic carbocycles. The summed E-state index contributed by atoms with van der Waals surface area (Å²) in [6.07, 6.45) is 2.47. The number of rotatable bonds is 1. The molecule has 64 valence electrons. The highest BCUT2D eigenvalue weighted by Crippen LogP contribution is 2.23. The third-order valence-corrected chi connectivity index (χ3v) is 2.36. The molecule has 2 nitrogen and oxygen atoms in total. The summed E-state index contributed by atoms with van der Waals surface area (Å²) in [5.41, 5.74) is 1.28. The quantitative estimate of drug-likeness (QED) is 0.661. The lowest BCUT2D eigenvalue weighted by molar-refractivity contribution is 0.474. The third kappa shape index (κ3) is 1.43. The first-order valence-corrected chi connectivity index (χ1v) is 4.38. The van der Waals surface area contributed by atoms with Gasteiger partial charge in [-0.2, -0.15) is 0 Å². The predicted octanol–water partition coefficient (Wildman–Crippen LogP) is 1.82. The highest BCUT2D eigenvalue weighted by atomic mass is 16.3. The summed E-state index contributed by atoms with van der Waals surface area (Å²) in [6, 6.07) is 7.96. The van der Waals surface area contributed by atoms with Gasteiger partial charge in [0.2, 0.25) is 0 Å². The van der Waals surface area contributed by atoms with E-state index >= 15 is 0 Å². The molecule has 1 atom stereocenters. The van der Waals surface area contributed by atoms with Crippen LogP contribution in [0.4, 0.5) is 0 Å². The van der Waals surface area contributed by atoms with Crippen molar-refractivity contribution in [2.45, 2.75) is 18.9 Å². The Hall–Kier alpha value is -1.02. The summed E-state index contributed by atoms with van der Waals surface area (Å²) in [5.74, 6) is 0.344. The van der Waals surface area contributed by atoms with Crippen LogP contribution in [0.3, 0.4) is 0 Å². The zero-order chi connectivity index (χ0) is 8.39. The largest absolute Gasteiger partial charge is 0.508 e. The molecular formula is C10H13NO. The molecule has 2 N–H and O–H groups in total. The van der Waals surface area contributed by atoms with Gasteiger partial charge >= 0.3 is 0 Å². The molecular weight excluding hydrogens is 150 g/mol. The molecule has 2 heteroatoms. The van der Waals surface area contributed by atoms with Crippen LogP contribution in [0.2, 0.25) is 0 Å². The SMILES string of the molecule is Oc1ccc([C@H]2CCCN2)cc1.